The first-order chi connectivity index (χ1) is 9.64. The quantitative estimate of drug-likeness (QED) is 0.897. The summed E-state index contributed by atoms with van der Waals surface area (Å²) in [7, 11) is 0. The predicted molar refractivity (Wildman–Crippen MR) is 83.3 cm³/mol. The number of hydrogen-bond donors (Lipinski definition) is 2. The van der Waals surface area contributed by atoms with Crippen LogP contribution in [0.15, 0.2) is 42.5 Å². The van der Waals surface area contributed by atoms with Gasteiger partial charge in [-0.25, -0.2) is 0 Å². The molecule has 0 heterocycles. The van der Waals surface area contributed by atoms with E-state index in [2.05, 4.69) is 30.4 Å². The van der Waals surface area contributed by atoms with Gasteiger partial charge in [-0.3, -0.25) is 0 Å². The Morgan fingerprint density at radius 2 is 2.05 bits per heavy atom. The molecule has 0 saturated carbocycles. The SMILES string of the molecule is Cc1ccc2c(c1)C(CO)(Nc1ccccc1Cl)CC2. The number of halogens is 1. The second-order valence-corrected chi connectivity index (χ2v) is 5.91. The highest BCUT2D eigenvalue weighted by Crippen LogP contribution is 2.41. The minimum Gasteiger partial charge on any atom is -0.394 e. The molecular formula is C17H18ClNO. The number of fused-ring (bicyclic) bond motifs is 1. The van der Waals surface area contributed by atoms with Crippen LogP contribution >= 0.6 is 11.6 Å². The van der Waals surface area contributed by atoms with Crippen molar-refractivity contribution in [3.63, 3.8) is 0 Å². The van der Waals surface area contributed by atoms with Crippen molar-refractivity contribution < 1.29 is 5.11 Å². The third-order valence-electron chi connectivity index (χ3n) is 4.12. The number of aryl methyl sites for hydroxylation is 2. The predicted octanol–water partition coefficient (Wildman–Crippen LogP) is 3.89. The molecule has 104 valence electrons. The molecule has 0 aliphatic heterocycles. The summed E-state index contributed by atoms with van der Waals surface area (Å²) in [6.45, 7) is 2.14. The van der Waals surface area contributed by atoms with Gasteiger partial charge in [0, 0.05) is 0 Å². The van der Waals surface area contributed by atoms with Crippen LogP contribution in [0.2, 0.25) is 5.02 Å². The number of aliphatic hydroxyl groups excluding tert-OH is 1. The van der Waals surface area contributed by atoms with Gasteiger partial charge in [-0.15, -0.1) is 0 Å². The van der Waals surface area contributed by atoms with Crippen LogP contribution in [0.4, 0.5) is 5.69 Å². The maximum Gasteiger partial charge on any atom is 0.0863 e. The number of hydrogen-bond acceptors (Lipinski definition) is 2. The monoisotopic (exact) mass is 287 g/mol. The Balaban J connectivity index is 2.03. The third-order valence-corrected chi connectivity index (χ3v) is 4.45. The van der Waals surface area contributed by atoms with E-state index in [1.807, 2.05) is 24.3 Å². The number of rotatable bonds is 3. The molecule has 0 fully saturated rings. The Morgan fingerprint density at radius 1 is 1.25 bits per heavy atom. The highest BCUT2D eigenvalue weighted by molar-refractivity contribution is 6.33. The van der Waals surface area contributed by atoms with Gasteiger partial charge in [0.2, 0.25) is 0 Å². The van der Waals surface area contributed by atoms with Crippen molar-refractivity contribution in [1.29, 1.82) is 0 Å². The summed E-state index contributed by atoms with van der Waals surface area (Å²) < 4.78 is 0. The molecule has 0 radical (unpaired) electrons. The molecule has 1 atom stereocenters. The van der Waals surface area contributed by atoms with Crippen molar-refractivity contribution in [2.45, 2.75) is 25.3 Å². The van der Waals surface area contributed by atoms with E-state index >= 15 is 0 Å². The van der Waals surface area contributed by atoms with E-state index in [9.17, 15) is 5.11 Å². The first-order valence-electron chi connectivity index (χ1n) is 6.88. The second-order valence-electron chi connectivity index (χ2n) is 5.51. The van der Waals surface area contributed by atoms with Crippen LogP contribution in [0.25, 0.3) is 0 Å². The lowest BCUT2D eigenvalue weighted by molar-refractivity contribution is 0.211. The van der Waals surface area contributed by atoms with E-state index in [-0.39, 0.29) is 6.61 Å². The second kappa shape index (κ2) is 5.12. The molecular weight excluding hydrogens is 270 g/mol. The average Bonchev–Trinajstić information content (AvgIpc) is 2.80. The summed E-state index contributed by atoms with van der Waals surface area (Å²) in [5.41, 5.74) is 4.16. The Hall–Kier alpha value is -1.51. The molecule has 20 heavy (non-hydrogen) atoms. The summed E-state index contributed by atoms with van der Waals surface area (Å²) in [6, 6.07) is 14.1. The smallest absolute Gasteiger partial charge is 0.0863 e. The summed E-state index contributed by atoms with van der Waals surface area (Å²) >= 11 is 6.24. The van der Waals surface area contributed by atoms with Crippen LogP contribution in [-0.4, -0.2) is 11.7 Å². The summed E-state index contributed by atoms with van der Waals surface area (Å²) in [4.78, 5) is 0. The van der Waals surface area contributed by atoms with E-state index in [1.54, 1.807) is 0 Å². The molecule has 2 aromatic rings. The maximum atomic E-state index is 10.0. The van der Waals surface area contributed by atoms with Gasteiger partial charge in [0.1, 0.15) is 0 Å². The number of para-hydroxylation sites is 1. The van der Waals surface area contributed by atoms with Crippen LogP contribution < -0.4 is 5.32 Å². The molecule has 1 aliphatic rings. The molecule has 3 rings (SSSR count). The average molecular weight is 288 g/mol. The number of anilines is 1. The molecule has 1 unspecified atom stereocenters. The fourth-order valence-corrected chi connectivity index (χ4v) is 3.17. The molecule has 3 heteroatoms. The zero-order chi connectivity index (χ0) is 14.2. The zero-order valence-electron chi connectivity index (χ0n) is 11.5. The van der Waals surface area contributed by atoms with Gasteiger partial charge in [-0.1, -0.05) is 47.5 Å². The van der Waals surface area contributed by atoms with Gasteiger partial charge in [0.25, 0.3) is 0 Å². The summed E-state index contributed by atoms with van der Waals surface area (Å²) in [5.74, 6) is 0. The minimum atomic E-state index is -0.424. The largest absolute Gasteiger partial charge is 0.394 e. The van der Waals surface area contributed by atoms with E-state index in [0.717, 1.165) is 18.5 Å². The van der Waals surface area contributed by atoms with Gasteiger partial charge < -0.3 is 10.4 Å². The lowest BCUT2D eigenvalue weighted by Crippen LogP contribution is -2.37. The van der Waals surface area contributed by atoms with Crippen LogP contribution in [0.5, 0.6) is 0 Å². The van der Waals surface area contributed by atoms with Crippen LogP contribution in [0, 0.1) is 6.92 Å². The number of aliphatic hydroxyl groups is 1. The Kier molecular flexibility index (Phi) is 3.45. The van der Waals surface area contributed by atoms with Crippen LogP contribution in [-0.2, 0) is 12.0 Å². The summed E-state index contributed by atoms with van der Waals surface area (Å²) in [5, 5.41) is 14.2. The normalized spacial score (nSPS) is 20.8. The molecule has 0 aromatic heterocycles. The lowest BCUT2D eigenvalue weighted by atomic mass is 9.91. The first kappa shape index (κ1) is 13.5. The first-order valence-corrected chi connectivity index (χ1v) is 7.26. The minimum absolute atomic E-state index is 0.0642. The summed E-state index contributed by atoms with van der Waals surface area (Å²) in [6.07, 6.45) is 1.86. The van der Waals surface area contributed by atoms with Gasteiger partial charge in [-0.2, -0.15) is 0 Å². The number of nitrogens with one attached hydrogen (secondary N) is 1. The van der Waals surface area contributed by atoms with Crippen molar-refractivity contribution in [2.24, 2.45) is 0 Å². The maximum absolute atomic E-state index is 10.0. The van der Waals surface area contributed by atoms with Gasteiger partial charge in [0.15, 0.2) is 0 Å². The lowest BCUT2D eigenvalue weighted by Gasteiger charge is -2.31. The molecule has 2 N–H and O–H groups in total. The van der Waals surface area contributed by atoms with Gasteiger partial charge in [0.05, 0.1) is 22.9 Å². The van der Waals surface area contributed by atoms with Crippen molar-refractivity contribution in [3.05, 3.63) is 64.2 Å². The van der Waals surface area contributed by atoms with Crippen molar-refractivity contribution >= 4 is 17.3 Å². The fraction of sp³-hybridized carbons (Fsp3) is 0.294. The van der Waals surface area contributed by atoms with E-state index in [1.165, 1.54) is 16.7 Å². The van der Waals surface area contributed by atoms with E-state index in [4.69, 9.17) is 11.6 Å². The third kappa shape index (κ3) is 2.19. The number of benzene rings is 2. The molecule has 2 nitrogen and oxygen atoms in total. The van der Waals surface area contributed by atoms with Crippen molar-refractivity contribution in [3.8, 4) is 0 Å². The highest BCUT2D eigenvalue weighted by atomic mass is 35.5. The molecule has 0 bridgehead atoms. The zero-order valence-corrected chi connectivity index (χ0v) is 12.2. The molecule has 0 spiro atoms. The van der Waals surface area contributed by atoms with E-state index < -0.39 is 5.54 Å². The topological polar surface area (TPSA) is 32.3 Å². The Bertz CT molecular complexity index is 641. The Labute approximate surface area is 124 Å². The highest BCUT2D eigenvalue weighted by Gasteiger charge is 2.38. The van der Waals surface area contributed by atoms with Crippen molar-refractivity contribution in [1.82, 2.24) is 0 Å². The van der Waals surface area contributed by atoms with Crippen LogP contribution in [0.3, 0.4) is 0 Å². The molecule has 2 aromatic carbocycles. The van der Waals surface area contributed by atoms with Gasteiger partial charge in [-0.05, 0) is 43.0 Å². The van der Waals surface area contributed by atoms with E-state index in [0.29, 0.717) is 5.02 Å². The van der Waals surface area contributed by atoms with Gasteiger partial charge >= 0.3 is 0 Å². The van der Waals surface area contributed by atoms with Crippen molar-refractivity contribution in [2.75, 3.05) is 11.9 Å². The Morgan fingerprint density at radius 3 is 2.80 bits per heavy atom. The molecule has 1 aliphatic carbocycles. The standard InChI is InChI=1S/C17H18ClNO/c1-12-6-7-13-8-9-17(11-20,14(13)10-12)19-16-5-3-2-4-15(16)18/h2-7,10,19-20H,8-9,11H2,1H3. The molecule has 0 saturated heterocycles. The fourth-order valence-electron chi connectivity index (χ4n) is 2.99. The van der Waals surface area contributed by atoms with Crippen LogP contribution in [0.1, 0.15) is 23.1 Å². The molecule has 0 amide bonds.